The highest BCUT2D eigenvalue weighted by molar-refractivity contribution is 7.16. The Morgan fingerprint density at radius 2 is 1.92 bits per heavy atom. The summed E-state index contributed by atoms with van der Waals surface area (Å²) in [7, 11) is 0. The van der Waals surface area contributed by atoms with Crippen molar-refractivity contribution in [2.45, 2.75) is 19.8 Å². The molecule has 0 radical (unpaired) electrons. The maximum atomic E-state index is 12.4. The van der Waals surface area contributed by atoms with Crippen molar-refractivity contribution in [3.63, 3.8) is 0 Å². The Labute approximate surface area is 153 Å². The van der Waals surface area contributed by atoms with Gasteiger partial charge in [-0.3, -0.25) is 19.8 Å². The van der Waals surface area contributed by atoms with E-state index in [1.165, 1.54) is 11.3 Å². The number of carbonyl (C=O) groups is 2. The number of aryl methyl sites for hydroxylation is 1. The molecule has 0 aliphatic rings. The van der Waals surface area contributed by atoms with Gasteiger partial charge in [0.1, 0.15) is 10.7 Å². The van der Waals surface area contributed by atoms with E-state index in [0.29, 0.717) is 16.0 Å². The van der Waals surface area contributed by atoms with Crippen LogP contribution in [0, 0.1) is 6.92 Å². The van der Waals surface area contributed by atoms with E-state index in [1.807, 2.05) is 30.3 Å². The van der Waals surface area contributed by atoms with Crippen molar-refractivity contribution in [1.29, 1.82) is 0 Å². The summed E-state index contributed by atoms with van der Waals surface area (Å²) >= 11 is 1.38. The quantitative estimate of drug-likeness (QED) is 0.689. The van der Waals surface area contributed by atoms with Crippen LogP contribution in [0.15, 0.2) is 46.6 Å². The normalized spacial score (nSPS) is 10.7. The molecular weight excluding hydrogens is 352 g/mol. The first-order chi connectivity index (χ1) is 12.5. The SMILES string of the molecule is Cc1nc2sccc2c(=O)n1NC(=O)CCNC(=O)Cc1ccccc1. The second kappa shape index (κ2) is 7.92. The molecule has 0 fully saturated rings. The molecule has 0 unspecified atom stereocenters. The molecule has 8 heteroatoms. The molecule has 0 saturated heterocycles. The number of rotatable bonds is 6. The number of aromatic nitrogens is 2. The summed E-state index contributed by atoms with van der Waals surface area (Å²) in [6.45, 7) is 1.85. The van der Waals surface area contributed by atoms with Gasteiger partial charge in [0, 0.05) is 13.0 Å². The van der Waals surface area contributed by atoms with Gasteiger partial charge < -0.3 is 5.32 Å². The third kappa shape index (κ3) is 4.15. The van der Waals surface area contributed by atoms with E-state index in [-0.39, 0.29) is 36.8 Å². The molecule has 3 aromatic rings. The molecule has 26 heavy (non-hydrogen) atoms. The van der Waals surface area contributed by atoms with Crippen LogP contribution in [0.4, 0.5) is 0 Å². The van der Waals surface area contributed by atoms with E-state index in [9.17, 15) is 14.4 Å². The number of nitrogens with zero attached hydrogens (tertiary/aromatic N) is 2. The van der Waals surface area contributed by atoms with Crippen molar-refractivity contribution in [3.05, 3.63) is 63.5 Å². The molecule has 0 spiro atoms. The van der Waals surface area contributed by atoms with E-state index >= 15 is 0 Å². The molecule has 0 aliphatic carbocycles. The second-order valence-electron chi connectivity index (χ2n) is 5.74. The number of carbonyl (C=O) groups excluding carboxylic acids is 2. The van der Waals surface area contributed by atoms with E-state index in [0.717, 1.165) is 10.2 Å². The van der Waals surface area contributed by atoms with Gasteiger partial charge in [0.05, 0.1) is 11.8 Å². The van der Waals surface area contributed by atoms with Crippen LogP contribution in [0.1, 0.15) is 17.8 Å². The van der Waals surface area contributed by atoms with Gasteiger partial charge >= 0.3 is 0 Å². The van der Waals surface area contributed by atoms with Crippen LogP contribution >= 0.6 is 11.3 Å². The summed E-state index contributed by atoms with van der Waals surface area (Å²) in [5.74, 6) is -0.114. The average Bonchev–Trinajstić information content (AvgIpc) is 3.08. The molecule has 0 bridgehead atoms. The molecule has 2 amide bonds. The van der Waals surface area contributed by atoms with Crippen molar-refractivity contribution >= 4 is 33.4 Å². The molecular formula is C18H18N4O3S. The van der Waals surface area contributed by atoms with Gasteiger partial charge in [-0.05, 0) is 23.9 Å². The number of thiophene rings is 1. The van der Waals surface area contributed by atoms with Crippen molar-refractivity contribution in [2.24, 2.45) is 0 Å². The first-order valence-electron chi connectivity index (χ1n) is 8.12. The smallest absolute Gasteiger partial charge is 0.281 e. The number of fused-ring (bicyclic) bond motifs is 1. The summed E-state index contributed by atoms with van der Waals surface area (Å²) in [5, 5.41) is 4.96. The fourth-order valence-electron chi connectivity index (χ4n) is 2.49. The van der Waals surface area contributed by atoms with Gasteiger partial charge in [0.25, 0.3) is 5.56 Å². The summed E-state index contributed by atoms with van der Waals surface area (Å²) in [6, 6.07) is 11.0. The highest BCUT2D eigenvalue weighted by atomic mass is 32.1. The lowest BCUT2D eigenvalue weighted by atomic mass is 10.1. The van der Waals surface area contributed by atoms with Crippen LogP contribution in [0.3, 0.4) is 0 Å². The average molecular weight is 370 g/mol. The zero-order valence-electron chi connectivity index (χ0n) is 14.2. The number of benzene rings is 1. The van der Waals surface area contributed by atoms with E-state index in [1.54, 1.807) is 18.4 Å². The zero-order chi connectivity index (χ0) is 18.5. The van der Waals surface area contributed by atoms with Crippen LogP contribution in [0.25, 0.3) is 10.2 Å². The van der Waals surface area contributed by atoms with Crippen molar-refractivity contribution in [1.82, 2.24) is 15.0 Å². The van der Waals surface area contributed by atoms with Gasteiger partial charge in [-0.1, -0.05) is 30.3 Å². The Bertz CT molecular complexity index is 995. The number of amides is 2. The summed E-state index contributed by atoms with van der Waals surface area (Å²) in [6.07, 6.45) is 0.327. The predicted octanol–water partition coefficient (Wildman–Crippen LogP) is 1.59. The number of hydrogen-bond donors (Lipinski definition) is 2. The van der Waals surface area contributed by atoms with Gasteiger partial charge in [-0.2, -0.15) is 0 Å². The van der Waals surface area contributed by atoms with Crippen LogP contribution in [0.5, 0.6) is 0 Å². The molecule has 0 atom stereocenters. The molecule has 2 heterocycles. The molecule has 7 nitrogen and oxygen atoms in total. The van der Waals surface area contributed by atoms with Gasteiger partial charge in [0.15, 0.2) is 0 Å². The Balaban J connectivity index is 1.53. The molecule has 0 aliphatic heterocycles. The highest BCUT2D eigenvalue weighted by Gasteiger charge is 2.12. The summed E-state index contributed by atoms with van der Waals surface area (Å²) in [4.78, 5) is 41.3. The maximum absolute atomic E-state index is 12.4. The van der Waals surface area contributed by atoms with Gasteiger partial charge in [-0.15, -0.1) is 11.3 Å². The van der Waals surface area contributed by atoms with Crippen LogP contribution in [-0.4, -0.2) is 28.0 Å². The zero-order valence-corrected chi connectivity index (χ0v) is 15.0. The first-order valence-corrected chi connectivity index (χ1v) is 9.00. The monoisotopic (exact) mass is 370 g/mol. The fraction of sp³-hybridized carbons (Fsp3) is 0.222. The maximum Gasteiger partial charge on any atom is 0.281 e. The lowest BCUT2D eigenvalue weighted by Gasteiger charge is -2.11. The molecule has 134 valence electrons. The summed E-state index contributed by atoms with van der Waals surface area (Å²) in [5.41, 5.74) is 3.14. The Morgan fingerprint density at radius 3 is 2.69 bits per heavy atom. The Hall–Kier alpha value is -3.00. The standard InChI is InChI=1S/C18H18N4O3S/c1-12-20-17-14(8-10-26-17)18(25)22(12)21-15(23)7-9-19-16(24)11-13-5-3-2-4-6-13/h2-6,8,10H,7,9,11H2,1H3,(H,19,24)(H,21,23). The van der Waals surface area contributed by atoms with Crippen LogP contribution in [-0.2, 0) is 16.0 Å². The third-order valence-corrected chi connectivity index (χ3v) is 4.59. The minimum atomic E-state index is -0.369. The van der Waals surface area contributed by atoms with E-state index < -0.39 is 0 Å². The lowest BCUT2D eigenvalue weighted by molar-refractivity contribution is -0.120. The van der Waals surface area contributed by atoms with Crippen molar-refractivity contribution in [3.8, 4) is 0 Å². The number of nitrogens with one attached hydrogen (secondary N) is 2. The molecule has 3 rings (SSSR count). The molecule has 1 aromatic carbocycles. The molecule has 2 N–H and O–H groups in total. The van der Waals surface area contributed by atoms with Crippen molar-refractivity contribution in [2.75, 3.05) is 12.0 Å². The predicted molar refractivity (Wildman–Crippen MR) is 101 cm³/mol. The highest BCUT2D eigenvalue weighted by Crippen LogP contribution is 2.14. The Morgan fingerprint density at radius 1 is 1.15 bits per heavy atom. The van der Waals surface area contributed by atoms with E-state index in [4.69, 9.17) is 0 Å². The largest absolute Gasteiger partial charge is 0.355 e. The minimum absolute atomic E-state index is 0.0636. The molecule has 2 aromatic heterocycles. The van der Waals surface area contributed by atoms with Gasteiger partial charge in [-0.25, -0.2) is 9.66 Å². The lowest BCUT2D eigenvalue weighted by Crippen LogP contribution is -2.37. The van der Waals surface area contributed by atoms with Crippen LogP contribution in [0.2, 0.25) is 0 Å². The molecule has 0 saturated carbocycles. The second-order valence-corrected chi connectivity index (χ2v) is 6.63. The van der Waals surface area contributed by atoms with Crippen molar-refractivity contribution < 1.29 is 9.59 Å². The number of hydrogen-bond acceptors (Lipinski definition) is 5. The fourth-order valence-corrected chi connectivity index (χ4v) is 3.29. The van der Waals surface area contributed by atoms with Crippen LogP contribution < -0.4 is 16.3 Å². The summed E-state index contributed by atoms with van der Waals surface area (Å²) < 4.78 is 1.14. The first kappa shape index (κ1) is 17.8. The minimum Gasteiger partial charge on any atom is -0.355 e. The topological polar surface area (TPSA) is 93.1 Å². The van der Waals surface area contributed by atoms with Gasteiger partial charge in [0.2, 0.25) is 11.8 Å². The Kier molecular flexibility index (Phi) is 5.43. The third-order valence-electron chi connectivity index (χ3n) is 3.78. The van der Waals surface area contributed by atoms with E-state index in [2.05, 4.69) is 15.7 Å².